The number of thiophene rings is 1. The number of carbonyl (C=O) groups excluding carboxylic acids is 2. The molecule has 0 aliphatic carbocycles. The first-order valence-electron chi connectivity index (χ1n) is 6.40. The molecule has 0 bridgehead atoms. The van der Waals surface area contributed by atoms with E-state index in [4.69, 9.17) is 9.47 Å². The van der Waals surface area contributed by atoms with Crippen LogP contribution in [0.2, 0.25) is 0 Å². The Labute approximate surface area is 143 Å². The van der Waals surface area contributed by atoms with E-state index in [2.05, 4.69) is 31.9 Å². The molecule has 2 heterocycles. The number of amides is 1. The van der Waals surface area contributed by atoms with E-state index in [1.807, 2.05) is 13.8 Å². The maximum atomic E-state index is 12.7. The van der Waals surface area contributed by atoms with Crippen LogP contribution in [0.15, 0.2) is 8.26 Å². The Bertz CT molecular complexity index is 565. The molecule has 2 rings (SSSR count). The molecule has 0 N–H and O–H groups in total. The molecular weight excluding hydrogens is 426 g/mol. The zero-order valence-electron chi connectivity index (χ0n) is 11.8. The van der Waals surface area contributed by atoms with E-state index in [9.17, 15) is 9.59 Å². The number of hydrogen-bond donors (Lipinski definition) is 0. The summed E-state index contributed by atoms with van der Waals surface area (Å²) in [6, 6.07) is 0. The van der Waals surface area contributed by atoms with Gasteiger partial charge in [0.05, 0.1) is 20.5 Å². The average Bonchev–Trinajstić information content (AvgIpc) is 2.64. The molecule has 1 amide bonds. The highest BCUT2D eigenvalue weighted by Crippen LogP contribution is 2.44. The predicted octanol–water partition coefficient (Wildman–Crippen LogP) is 3.45. The second kappa shape index (κ2) is 6.76. The molecule has 1 aliphatic heterocycles. The Morgan fingerprint density at radius 1 is 1.29 bits per heavy atom. The average molecular weight is 441 g/mol. The summed E-state index contributed by atoms with van der Waals surface area (Å²) in [4.78, 5) is 26.1. The maximum absolute atomic E-state index is 12.7. The van der Waals surface area contributed by atoms with Crippen molar-refractivity contribution in [3.8, 4) is 5.75 Å². The van der Waals surface area contributed by atoms with Crippen LogP contribution in [0.25, 0.3) is 0 Å². The molecule has 1 saturated heterocycles. The van der Waals surface area contributed by atoms with E-state index in [1.54, 1.807) is 4.90 Å². The van der Waals surface area contributed by atoms with E-state index < -0.39 is 5.97 Å². The molecule has 1 aromatic rings. The molecule has 8 heteroatoms. The first-order valence-corrected chi connectivity index (χ1v) is 8.80. The summed E-state index contributed by atoms with van der Waals surface area (Å²) in [7, 11) is 0. The Balaban J connectivity index is 2.30. The van der Waals surface area contributed by atoms with Crippen LogP contribution < -0.4 is 4.74 Å². The second-order valence-electron chi connectivity index (χ2n) is 4.91. The van der Waals surface area contributed by atoms with Gasteiger partial charge >= 0.3 is 5.97 Å². The van der Waals surface area contributed by atoms with E-state index in [0.29, 0.717) is 22.4 Å². The molecule has 0 aromatic carbocycles. The highest BCUT2D eigenvalue weighted by molar-refractivity contribution is 9.13. The van der Waals surface area contributed by atoms with Crippen LogP contribution in [0, 0.1) is 0 Å². The Morgan fingerprint density at radius 2 is 1.86 bits per heavy atom. The zero-order chi connectivity index (χ0) is 15.7. The van der Waals surface area contributed by atoms with Crippen LogP contribution >= 0.6 is 43.2 Å². The van der Waals surface area contributed by atoms with Crippen LogP contribution in [0.3, 0.4) is 0 Å². The summed E-state index contributed by atoms with van der Waals surface area (Å²) in [5.41, 5.74) is 0. The number of rotatable bonds is 2. The lowest BCUT2D eigenvalue weighted by molar-refractivity contribution is -0.131. The van der Waals surface area contributed by atoms with Crippen molar-refractivity contribution < 1.29 is 19.1 Å². The fourth-order valence-electron chi connectivity index (χ4n) is 2.23. The quantitative estimate of drug-likeness (QED) is 0.661. The summed E-state index contributed by atoms with van der Waals surface area (Å²) in [5, 5.41) is 0. The molecule has 1 fully saturated rings. The van der Waals surface area contributed by atoms with Gasteiger partial charge in [-0.2, -0.15) is 0 Å². The largest absolute Gasteiger partial charge is 0.424 e. The van der Waals surface area contributed by atoms with Gasteiger partial charge in [0.25, 0.3) is 5.91 Å². The lowest BCUT2D eigenvalue weighted by Crippen LogP contribution is -2.48. The number of morpholine rings is 1. The number of carbonyl (C=O) groups is 2. The number of ether oxygens (including phenoxy) is 2. The van der Waals surface area contributed by atoms with Crippen molar-refractivity contribution in [3.05, 3.63) is 13.1 Å². The van der Waals surface area contributed by atoms with Gasteiger partial charge < -0.3 is 14.4 Å². The first-order chi connectivity index (χ1) is 9.79. The van der Waals surface area contributed by atoms with Crippen LogP contribution in [0.1, 0.15) is 30.4 Å². The van der Waals surface area contributed by atoms with Crippen LogP contribution in [0.5, 0.6) is 5.75 Å². The Hall–Kier alpha value is -0.440. The lowest BCUT2D eigenvalue weighted by atomic mass is 10.2. The van der Waals surface area contributed by atoms with Gasteiger partial charge in [-0.15, -0.1) is 11.3 Å². The molecular formula is C13H15Br2NO4S. The molecule has 0 unspecified atom stereocenters. The predicted molar refractivity (Wildman–Crippen MR) is 86.9 cm³/mol. The SMILES string of the molecule is CC(=O)Oc1c(C(=O)N2C[C@@H](C)O[C@@H](C)C2)sc(Br)c1Br. The van der Waals surface area contributed by atoms with Gasteiger partial charge in [0.2, 0.25) is 0 Å². The minimum Gasteiger partial charge on any atom is -0.424 e. The third kappa shape index (κ3) is 3.85. The normalized spacial score (nSPS) is 22.2. The third-order valence-electron chi connectivity index (χ3n) is 2.92. The molecule has 0 radical (unpaired) electrons. The van der Waals surface area contributed by atoms with Gasteiger partial charge in [-0.05, 0) is 45.7 Å². The number of nitrogens with zero attached hydrogens (tertiary/aromatic N) is 1. The van der Waals surface area contributed by atoms with E-state index in [0.717, 1.165) is 3.79 Å². The summed E-state index contributed by atoms with van der Waals surface area (Å²) >= 11 is 7.94. The minimum absolute atomic E-state index is 0.0123. The van der Waals surface area contributed by atoms with E-state index in [1.165, 1.54) is 18.3 Å². The van der Waals surface area contributed by atoms with Crippen molar-refractivity contribution in [2.75, 3.05) is 13.1 Å². The number of hydrogen-bond acceptors (Lipinski definition) is 5. The minimum atomic E-state index is -0.459. The summed E-state index contributed by atoms with van der Waals surface area (Å²) in [5.74, 6) is -0.334. The summed E-state index contributed by atoms with van der Waals surface area (Å²) in [6.07, 6.45) is -0.0246. The fourth-order valence-corrected chi connectivity index (χ4v) is 4.37. The second-order valence-corrected chi connectivity index (χ2v) is 8.04. The molecule has 5 nitrogen and oxygen atoms in total. The molecule has 1 aliphatic rings. The van der Waals surface area contributed by atoms with Gasteiger partial charge in [-0.3, -0.25) is 9.59 Å². The Morgan fingerprint density at radius 3 is 2.38 bits per heavy atom. The number of halogens is 2. The van der Waals surface area contributed by atoms with Crippen molar-refractivity contribution in [3.63, 3.8) is 0 Å². The van der Waals surface area contributed by atoms with Crippen molar-refractivity contribution in [1.82, 2.24) is 4.90 Å². The molecule has 0 spiro atoms. The molecule has 1 aromatic heterocycles. The van der Waals surface area contributed by atoms with E-state index >= 15 is 0 Å². The highest BCUT2D eigenvalue weighted by atomic mass is 79.9. The topological polar surface area (TPSA) is 55.8 Å². The molecule has 0 saturated carbocycles. The molecule has 2 atom stereocenters. The van der Waals surface area contributed by atoms with Crippen molar-refractivity contribution in [2.45, 2.75) is 33.0 Å². The fraction of sp³-hybridized carbons (Fsp3) is 0.538. The highest BCUT2D eigenvalue weighted by Gasteiger charge is 2.31. The van der Waals surface area contributed by atoms with Crippen molar-refractivity contribution in [1.29, 1.82) is 0 Å². The lowest BCUT2D eigenvalue weighted by Gasteiger charge is -2.35. The summed E-state index contributed by atoms with van der Waals surface area (Å²) in [6.45, 7) is 6.23. The summed E-state index contributed by atoms with van der Waals surface area (Å²) < 4.78 is 12.1. The van der Waals surface area contributed by atoms with Gasteiger partial charge in [0.15, 0.2) is 5.75 Å². The van der Waals surface area contributed by atoms with Crippen LogP contribution in [-0.4, -0.2) is 42.1 Å². The molecule has 21 heavy (non-hydrogen) atoms. The maximum Gasteiger partial charge on any atom is 0.308 e. The van der Waals surface area contributed by atoms with Crippen molar-refractivity contribution in [2.24, 2.45) is 0 Å². The van der Waals surface area contributed by atoms with Crippen LogP contribution in [0.4, 0.5) is 0 Å². The molecule has 116 valence electrons. The third-order valence-corrected chi connectivity index (χ3v) is 6.30. The van der Waals surface area contributed by atoms with Gasteiger partial charge in [0, 0.05) is 20.0 Å². The van der Waals surface area contributed by atoms with Crippen molar-refractivity contribution >= 4 is 55.1 Å². The first kappa shape index (κ1) is 16.9. The van der Waals surface area contributed by atoms with Gasteiger partial charge in [0.1, 0.15) is 4.88 Å². The van der Waals surface area contributed by atoms with Gasteiger partial charge in [-0.25, -0.2) is 0 Å². The van der Waals surface area contributed by atoms with E-state index in [-0.39, 0.29) is 23.9 Å². The standard InChI is InChI=1S/C13H15Br2NO4S/c1-6-4-16(5-7(2)19-6)13(18)11-10(20-8(3)17)9(14)12(15)21-11/h6-7H,4-5H2,1-3H3/t6-,7+. The zero-order valence-corrected chi connectivity index (χ0v) is 15.8. The smallest absolute Gasteiger partial charge is 0.308 e. The van der Waals surface area contributed by atoms with Gasteiger partial charge in [-0.1, -0.05) is 0 Å². The van der Waals surface area contributed by atoms with Crippen LogP contribution in [-0.2, 0) is 9.53 Å². The number of esters is 1. The monoisotopic (exact) mass is 439 g/mol. The Kier molecular flexibility index (Phi) is 5.45.